The van der Waals surface area contributed by atoms with Crippen molar-refractivity contribution in [2.24, 2.45) is 0 Å². The molecule has 34 heavy (non-hydrogen) atoms. The maximum Gasteiger partial charge on any atom is 0.261 e. The Labute approximate surface area is 204 Å². The maximum absolute atomic E-state index is 12.6. The van der Waals surface area contributed by atoms with Crippen molar-refractivity contribution in [2.75, 3.05) is 6.54 Å². The predicted molar refractivity (Wildman–Crippen MR) is 138 cm³/mol. The first kappa shape index (κ1) is 24.0. The van der Waals surface area contributed by atoms with Crippen LogP contribution in [0.15, 0.2) is 72.8 Å². The molecule has 4 rings (SSSR count). The molecule has 178 valence electrons. The molecule has 1 heterocycles. The molecule has 0 spiro atoms. The summed E-state index contributed by atoms with van der Waals surface area (Å²) in [5.41, 5.74) is 6.50. The van der Waals surface area contributed by atoms with Crippen LogP contribution in [0.2, 0.25) is 0 Å². The Bertz CT molecular complexity index is 1110. The van der Waals surface area contributed by atoms with Crippen molar-refractivity contribution in [1.29, 1.82) is 0 Å². The highest BCUT2D eigenvalue weighted by molar-refractivity contribution is 5.81. The Morgan fingerprint density at radius 2 is 1.85 bits per heavy atom. The van der Waals surface area contributed by atoms with Crippen LogP contribution in [0.25, 0.3) is 0 Å². The number of carbonyl (C=O) groups is 1. The molecule has 0 saturated carbocycles. The molecule has 0 aromatic heterocycles. The highest BCUT2D eigenvalue weighted by Crippen LogP contribution is 2.38. The second-order valence-corrected chi connectivity index (χ2v) is 9.56. The quantitative estimate of drug-likeness (QED) is 0.464. The van der Waals surface area contributed by atoms with Gasteiger partial charge in [-0.15, -0.1) is 0 Å². The van der Waals surface area contributed by atoms with E-state index in [1.54, 1.807) is 0 Å². The van der Waals surface area contributed by atoms with Crippen LogP contribution in [0.3, 0.4) is 0 Å². The minimum absolute atomic E-state index is 0.0593. The number of ether oxygens (including phenoxy) is 1. The minimum Gasteiger partial charge on any atom is -0.481 e. The SMILES string of the molecule is CCC(Oc1ccc2c(c1)C(c1ccccc1)N(Cc1cccc(C)c1)CC2)C(=O)NC(C)C. The van der Waals surface area contributed by atoms with E-state index in [0.717, 1.165) is 25.3 Å². The zero-order valence-electron chi connectivity index (χ0n) is 20.8. The van der Waals surface area contributed by atoms with Gasteiger partial charge >= 0.3 is 0 Å². The van der Waals surface area contributed by atoms with Crippen LogP contribution in [-0.4, -0.2) is 29.5 Å². The summed E-state index contributed by atoms with van der Waals surface area (Å²) in [5, 5.41) is 2.98. The van der Waals surface area contributed by atoms with Gasteiger partial charge in [0.25, 0.3) is 5.91 Å². The van der Waals surface area contributed by atoms with Crippen LogP contribution in [0.4, 0.5) is 0 Å². The maximum atomic E-state index is 12.6. The normalized spacial score (nSPS) is 16.7. The van der Waals surface area contributed by atoms with Gasteiger partial charge in [0, 0.05) is 19.1 Å². The molecule has 0 fully saturated rings. The lowest BCUT2D eigenvalue weighted by atomic mass is 9.87. The third-order valence-corrected chi connectivity index (χ3v) is 6.40. The summed E-state index contributed by atoms with van der Waals surface area (Å²) in [5.74, 6) is 0.693. The Morgan fingerprint density at radius 3 is 2.56 bits per heavy atom. The second-order valence-electron chi connectivity index (χ2n) is 9.56. The second kappa shape index (κ2) is 10.9. The van der Waals surface area contributed by atoms with E-state index in [0.29, 0.717) is 6.42 Å². The largest absolute Gasteiger partial charge is 0.481 e. The van der Waals surface area contributed by atoms with Crippen LogP contribution >= 0.6 is 0 Å². The van der Waals surface area contributed by atoms with Crippen molar-refractivity contribution in [3.05, 3.63) is 101 Å². The number of benzene rings is 3. The van der Waals surface area contributed by atoms with Crippen molar-refractivity contribution >= 4 is 5.91 Å². The number of rotatable bonds is 8. The van der Waals surface area contributed by atoms with E-state index in [9.17, 15) is 4.79 Å². The molecule has 0 saturated heterocycles. The van der Waals surface area contributed by atoms with Crippen LogP contribution < -0.4 is 10.1 Å². The van der Waals surface area contributed by atoms with E-state index >= 15 is 0 Å². The summed E-state index contributed by atoms with van der Waals surface area (Å²) < 4.78 is 6.22. The molecule has 1 aliphatic rings. The average molecular weight is 457 g/mol. The summed E-state index contributed by atoms with van der Waals surface area (Å²) in [7, 11) is 0. The molecule has 0 aliphatic carbocycles. The number of hydrogen-bond acceptors (Lipinski definition) is 3. The highest BCUT2D eigenvalue weighted by Gasteiger charge is 2.30. The zero-order chi connectivity index (χ0) is 24.1. The van der Waals surface area contributed by atoms with E-state index in [-0.39, 0.29) is 18.0 Å². The van der Waals surface area contributed by atoms with Crippen LogP contribution in [0.1, 0.15) is 61.1 Å². The molecule has 3 aromatic rings. The van der Waals surface area contributed by atoms with Gasteiger partial charge in [-0.1, -0.05) is 73.2 Å². The molecule has 4 nitrogen and oxygen atoms in total. The summed E-state index contributed by atoms with van der Waals surface area (Å²) in [6, 6.07) is 26.0. The molecular formula is C30H36N2O2. The number of carbonyl (C=O) groups excluding carboxylic acids is 1. The lowest BCUT2D eigenvalue weighted by molar-refractivity contribution is -0.128. The smallest absolute Gasteiger partial charge is 0.261 e. The standard InChI is InChI=1S/C30H36N2O2/c1-5-28(30(33)31-21(2)3)34-26-15-14-24-16-17-32(20-23-11-9-10-22(4)18-23)29(27(24)19-26)25-12-7-6-8-13-25/h6-15,18-19,21,28-29H,5,16-17,20H2,1-4H3,(H,31,33). The van der Waals surface area contributed by atoms with Gasteiger partial charge in [0.05, 0.1) is 6.04 Å². The van der Waals surface area contributed by atoms with Crippen molar-refractivity contribution in [2.45, 2.75) is 65.3 Å². The fraction of sp³-hybridized carbons (Fsp3) is 0.367. The van der Waals surface area contributed by atoms with Crippen LogP contribution in [0, 0.1) is 6.92 Å². The van der Waals surface area contributed by atoms with E-state index in [2.05, 4.69) is 83.9 Å². The molecule has 0 bridgehead atoms. The Morgan fingerprint density at radius 1 is 1.06 bits per heavy atom. The first-order valence-corrected chi connectivity index (χ1v) is 12.4. The Hall–Kier alpha value is -3.11. The van der Waals surface area contributed by atoms with Gasteiger partial charge in [0.15, 0.2) is 6.10 Å². The molecule has 2 unspecified atom stereocenters. The molecule has 0 radical (unpaired) electrons. The van der Waals surface area contributed by atoms with Crippen LogP contribution in [-0.2, 0) is 17.8 Å². The van der Waals surface area contributed by atoms with Crippen molar-refractivity contribution in [1.82, 2.24) is 10.2 Å². The van der Waals surface area contributed by atoms with Crippen LogP contribution in [0.5, 0.6) is 5.75 Å². The number of nitrogens with one attached hydrogen (secondary N) is 1. The van der Waals surface area contributed by atoms with E-state index in [4.69, 9.17) is 4.74 Å². The monoisotopic (exact) mass is 456 g/mol. The Balaban J connectivity index is 1.66. The molecule has 3 aromatic carbocycles. The lowest BCUT2D eigenvalue weighted by Gasteiger charge is -2.38. The third kappa shape index (κ3) is 5.68. The molecule has 1 amide bonds. The van der Waals surface area contributed by atoms with Gasteiger partial charge < -0.3 is 10.1 Å². The zero-order valence-corrected chi connectivity index (χ0v) is 20.8. The number of nitrogens with zero attached hydrogens (tertiary/aromatic N) is 1. The number of fused-ring (bicyclic) bond motifs is 1. The first-order valence-electron chi connectivity index (χ1n) is 12.4. The number of aryl methyl sites for hydroxylation is 1. The lowest BCUT2D eigenvalue weighted by Crippen LogP contribution is -2.41. The molecule has 1 aliphatic heterocycles. The summed E-state index contributed by atoms with van der Waals surface area (Å²) in [4.78, 5) is 15.2. The van der Waals surface area contributed by atoms with E-state index in [1.165, 1.54) is 27.8 Å². The predicted octanol–water partition coefficient (Wildman–Crippen LogP) is 5.82. The van der Waals surface area contributed by atoms with Gasteiger partial charge in [-0.2, -0.15) is 0 Å². The van der Waals surface area contributed by atoms with E-state index in [1.807, 2.05) is 26.8 Å². The third-order valence-electron chi connectivity index (χ3n) is 6.40. The number of hydrogen-bond donors (Lipinski definition) is 1. The number of amides is 1. The topological polar surface area (TPSA) is 41.6 Å². The van der Waals surface area contributed by atoms with Gasteiger partial charge in [-0.25, -0.2) is 0 Å². The molecule has 2 atom stereocenters. The molecule has 1 N–H and O–H groups in total. The van der Waals surface area contributed by atoms with Gasteiger partial charge in [0.2, 0.25) is 0 Å². The molecular weight excluding hydrogens is 420 g/mol. The van der Waals surface area contributed by atoms with Crippen molar-refractivity contribution in [3.63, 3.8) is 0 Å². The van der Waals surface area contributed by atoms with E-state index < -0.39 is 6.10 Å². The fourth-order valence-corrected chi connectivity index (χ4v) is 4.82. The highest BCUT2D eigenvalue weighted by atomic mass is 16.5. The first-order chi connectivity index (χ1) is 16.4. The fourth-order valence-electron chi connectivity index (χ4n) is 4.82. The molecule has 4 heteroatoms. The van der Waals surface area contributed by atoms with Crippen molar-refractivity contribution < 1.29 is 9.53 Å². The van der Waals surface area contributed by atoms with Gasteiger partial charge in [-0.05, 0) is 68.0 Å². The summed E-state index contributed by atoms with van der Waals surface area (Å²) in [6.07, 6.45) is 1.12. The van der Waals surface area contributed by atoms with Gasteiger partial charge in [-0.3, -0.25) is 9.69 Å². The van der Waals surface area contributed by atoms with Gasteiger partial charge in [0.1, 0.15) is 5.75 Å². The summed E-state index contributed by atoms with van der Waals surface area (Å²) in [6.45, 7) is 9.95. The average Bonchev–Trinajstić information content (AvgIpc) is 2.82. The van der Waals surface area contributed by atoms with Crippen molar-refractivity contribution in [3.8, 4) is 5.75 Å². The minimum atomic E-state index is -0.498. The Kier molecular flexibility index (Phi) is 7.69. The summed E-state index contributed by atoms with van der Waals surface area (Å²) >= 11 is 0.